The Balaban J connectivity index is 1.70. The van der Waals surface area contributed by atoms with Gasteiger partial charge < -0.3 is 19.7 Å². The first-order chi connectivity index (χ1) is 14.9. The van der Waals surface area contributed by atoms with E-state index >= 15 is 0 Å². The molecule has 1 fully saturated rings. The minimum Gasteiger partial charge on any atom is -0.491 e. The highest BCUT2D eigenvalue weighted by Crippen LogP contribution is 2.38. The fraction of sp³-hybridized carbons (Fsp3) is 0.640. The standard InChI is InChI=1S/C25H37FO5/c1-18(2)31-25(29)13-9-4-3-8-12-21-22(24(28)16-23(21)27)15-14-19(26)17-30-20-10-6-5-7-11-20/h3,5-8,10-11,18-19,21-24,27-28H,4,9,12-17H2,1-2H3/b8-3-/t19-,21-,22-,23+,24-/m1/s1. The fourth-order valence-corrected chi connectivity index (χ4v) is 4.12. The third-order valence-corrected chi connectivity index (χ3v) is 5.70. The van der Waals surface area contributed by atoms with Crippen molar-refractivity contribution in [3.8, 4) is 5.75 Å². The topological polar surface area (TPSA) is 76.0 Å². The zero-order valence-corrected chi connectivity index (χ0v) is 18.7. The van der Waals surface area contributed by atoms with Crippen molar-refractivity contribution in [1.82, 2.24) is 0 Å². The molecule has 0 aliphatic heterocycles. The summed E-state index contributed by atoms with van der Waals surface area (Å²) in [6.45, 7) is 3.65. The summed E-state index contributed by atoms with van der Waals surface area (Å²) in [6, 6.07) is 9.14. The van der Waals surface area contributed by atoms with Gasteiger partial charge in [-0.1, -0.05) is 30.4 Å². The molecule has 0 bridgehead atoms. The van der Waals surface area contributed by atoms with E-state index in [-0.39, 0.29) is 30.5 Å². The van der Waals surface area contributed by atoms with Crippen molar-refractivity contribution < 1.29 is 28.9 Å². The van der Waals surface area contributed by atoms with Crippen molar-refractivity contribution in [2.75, 3.05) is 6.61 Å². The maximum atomic E-state index is 14.3. The molecule has 0 unspecified atom stereocenters. The molecule has 0 spiro atoms. The molecule has 1 aliphatic rings. The summed E-state index contributed by atoms with van der Waals surface area (Å²) in [5.41, 5.74) is 0. The number of hydrogen-bond donors (Lipinski definition) is 2. The molecule has 0 aromatic heterocycles. The summed E-state index contributed by atoms with van der Waals surface area (Å²) >= 11 is 0. The molecule has 1 aromatic rings. The van der Waals surface area contributed by atoms with Gasteiger partial charge in [-0.05, 0) is 76.3 Å². The summed E-state index contributed by atoms with van der Waals surface area (Å²) in [4.78, 5) is 11.5. The van der Waals surface area contributed by atoms with E-state index in [9.17, 15) is 19.4 Å². The van der Waals surface area contributed by atoms with Gasteiger partial charge in [0.25, 0.3) is 0 Å². The lowest BCUT2D eigenvalue weighted by molar-refractivity contribution is -0.147. The van der Waals surface area contributed by atoms with Crippen LogP contribution in [0.5, 0.6) is 5.75 Å². The number of allylic oxidation sites excluding steroid dienone is 2. The number of para-hydroxylation sites is 1. The van der Waals surface area contributed by atoms with Crippen molar-refractivity contribution in [2.45, 2.75) is 83.3 Å². The number of rotatable bonds is 13. The van der Waals surface area contributed by atoms with Crippen molar-refractivity contribution in [1.29, 1.82) is 0 Å². The molecule has 5 nitrogen and oxygen atoms in total. The summed E-state index contributed by atoms with van der Waals surface area (Å²) in [7, 11) is 0. The Bertz CT molecular complexity index is 663. The van der Waals surface area contributed by atoms with E-state index in [0.717, 1.165) is 6.42 Å². The zero-order chi connectivity index (χ0) is 22.6. The molecular formula is C25H37FO5. The van der Waals surface area contributed by atoms with Crippen LogP contribution < -0.4 is 4.74 Å². The molecule has 1 aliphatic carbocycles. The molecular weight excluding hydrogens is 399 g/mol. The van der Waals surface area contributed by atoms with Crippen molar-refractivity contribution in [3.63, 3.8) is 0 Å². The Kier molecular flexibility index (Phi) is 11.0. The van der Waals surface area contributed by atoms with E-state index in [1.807, 2.05) is 44.2 Å². The van der Waals surface area contributed by atoms with E-state index < -0.39 is 18.4 Å². The van der Waals surface area contributed by atoms with Gasteiger partial charge in [-0.15, -0.1) is 0 Å². The Hall–Kier alpha value is -1.92. The molecule has 174 valence electrons. The van der Waals surface area contributed by atoms with Crippen molar-refractivity contribution in [3.05, 3.63) is 42.5 Å². The summed E-state index contributed by atoms with van der Waals surface area (Å²) < 4.78 is 24.9. The molecule has 5 atom stereocenters. The lowest BCUT2D eigenvalue weighted by atomic mass is 9.86. The number of benzene rings is 1. The Morgan fingerprint density at radius 3 is 2.58 bits per heavy atom. The van der Waals surface area contributed by atoms with Gasteiger partial charge in [-0.3, -0.25) is 4.79 Å². The SMILES string of the molecule is CC(C)OC(=O)CCC/C=C\C[C@@H]1[C@@H](CC[C@@H](F)COc2ccccc2)[C@H](O)C[C@@H]1O. The van der Waals surface area contributed by atoms with Crippen LogP contribution >= 0.6 is 0 Å². The van der Waals surface area contributed by atoms with Crippen LogP contribution in [0.15, 0.2) is 42.5 Å². The van der Waals surface area contributed by atoms with Crippen LogP contribution in [-0.2, 0) is 9.53 Å². The van der Waals surface area contributed by atoms with Crippen LogP contribution in [0.2, 0.25) is 0 Å². The Morgan fingerprint density at radius 1 is 1.16 bits per heavy atom. The van der Waals surface area contributed by atoms with E-state index in [2.05, 4.69) is 0 Å². The highest BCUT2D eigenvalue weighted by atomic mass is 19.1. The second-order valence-corrected chi connectivity index (χ2v) is 8.63. The van der Waals surface area contributed by atoms with Gasteiger partial charge in [0.2, 0.25) is 0 Å². The van der Waals surface area contributed by atoms with Gasteiger partial charge in [0, 0.05) is 6.42 Å². The number of ether oxygens (including phenoxy) is 2. The third-order valence-electron chi connectivity index (χ3n) is 5.70. The van der Waals surface area contributed by atoms with Crippen LogP contribution in [0.1, 0.15) is 58.8 Å². The summed E-state index contributed by atoms with van der Waals surface area (Å²) in [5.74, 6) is 0.242. The number of carbonyl (C=O) groups is 1. The van der Waals surface area contributed by atoms with Crippen LogP contribution in [0, 0.1) is 11.8 Å². The van der Waals surface area contributed by atoms with Crippen LogP contribution in [-0.4, -0.2) is 47.3 Å². The van der Waals surface area contributed by atoms with Gasteiger partial charge in [-0.2, -0.15) is 0 Å². The predicted molar refractivity (Wildman–Crippen MR) is 119 cm³/mol. The van der Waals surface area contributed by atoms with E-state index in [1.54, 1.807) is 12.1 Å². The van der Waals surface area contributed by atoms with Crippen molar-refractivity contribution in [2.24, 2.45) is 11.8 Å². The Labute approximate surface area is 185 Å². The highest BCUT2D eigenvalue weighted by molar-refractivity contribution is 5.69. The second-order valence-electron chi connectivity index (χ2n) is 8.63. The quantitative estimate of drug-likeness (QED) is 0.268. The molecule has 0 saturated heterocycles. The number of aliphatic hydroxyl groups is 2. The number of aliphatic hydroxyl groups excluding tert-OH is 2. The molecule has 31 heavy (non-hydrogen) atoms. The van der Waals surface area contributed by atoms with Gasteiger partial charge in [0.15, 0.2) is 0 Å². The van der Waals surface area contributed by atoms with Crippen LogP contribution in [0.4, 0.5) is 4.39 Å². The number of halogens is 1. The lowest BCUT2D eigenvalue weighted by Crippen LogP contribution is -2.24. The van der Waals surface area contributed by atoms with Gasteiger partial charge in [0.05, 0.1) is 18.3 Å². The first-order valence-electron chi connectivity index (χ1n) is 11.4. The van der Waals surface area contributed by atoms with Gasteiger partial charge >= 0.3 is 5.97 Å². The normalized spacial score (nSPS) is 24.6. The maximum Gasteiger partial charge on any atom is 0.306 e. The van der Waals surface area contributed by atoms with Gasteiger partial charge in [0.1, 0.15) is 18.5 Å². The summed E-state index contributed by atoms with van der Waals surface area (Å²) in [5, 5.41) is 20.7. The molecule has 0 heterocycles. The third kappa shape index (κ3) is 9.40. The van der Waals surface area contributed by atoms with E-state index in [4.69, 9.17) is 9.47 Å². The number of hydrogen-bond acceptors (Lipinski definition) is 5. The molecule has 0 radical (unpaired) electrons. The van der Waals surface area contributed by atoms with Gasteiger partial charge in [-0.25, -0.2) is 4.39 Å². The average Bonchev–Trinajstić information content (AvgIpc) is 3.00. The molecule has 1 saturated carbocycles. The first kappa shape index (κ1) is 25.3. The molecule has 2 N–H and O–H groups in total. The smallest absolute Gasteiger partial charge is 0.306 e. The van der Waals surface area contributed by atoms with Crippen molar-refractivity contribution >= 4 is 5.97 Å². The van der Waals surface area contributed by atoms with Crippen LogP contribution in [0.3, 0.4) is 0 Å². The molecule has 1 aromatic carbocycles. The van der Waals surface area contributed by atoms with E-state index in [0.29, 0.717) is 44.3 Å². The lowest BCUT2D eigenvalue weighted by Gasteiger charge is -2.23. The highest BCUT2D eigenvalue weighted by Gasteiger charge is 2.40. The fourth-order valence-electron chi connectivity index (χ4n) is 4.12. The molecule has 2 rings (SSSR count). The first-order valence-corrected chi connectivity index (χ1v) is 11.4. The van der Waals surface area contributed by atoms with Crippen LogP contribution in [0.25, 0.3) is 0 Å². The summed E-state index contributed by atoms with van der Waals surface area (Å²) in [6.07, 6.45) is 5.23. The maximum absolute atomic E-state index is 14.3. The average molecular weight is 437 g/mol. The minimum absolute atomic E-state index is 0.0147. The number of carbonyl (C=O) groups excluding carboxylic acids is 1. The number of unbranched alkanes of at least 4 members (excludes halogenated alkanes) is 1. The molecule has 0 amide bonds. The number of alkyl halides is 1. The largest absolute Gasteiger partial charge is 0.491 e. The number of esters is 1. The monoisotopic (exact) mass is 436 g/mol. The molecule has 6 heteroatoms. The van der Waals surface area contributed by atoms with E-state index in [1.165, 1.54) is 0 Å². The second kappa shape index (κ2) is 13.5. The minimum atomic E-state index is -1.12. The predicted octanol–water partition coefficient (Wildman–Crippen LogP) is 4.61. The zero-order valence-electron chi connectivity index (χ0n) is 18.7. The Morgan fingerprint density at radius 2 is 1.87 bits per heavy atom.